The van der Waals surface area contributed by atoms with Crippen molar-refractivity contribution in [1.82, 2.24) is 0 Å². The fraction of sp³-hybridized carbons (Fsp3) is 0.130. The fourth-order valence-electron chi connectivity index (χ4n) is 2.74. The van der Waals surface area contributed by atoms with Crippen molar-refractivity contribution >= 4 is 17.6 Å². The number of hydrogen-bond acceptors (Lipinski definition) is 6. The molecule has 152 valence electrons. The monoisotopic (exact) mass is 405 g/mol. The van der Waals surface area contributed by atoms with Gasteiger partial charge in [-0.2, -0.15) is 0 Å². The summed E-state index contributed by atoms with van der Waals surface area (Å²) in [5.74, 6) is -0.971. The molecule has 0 aromatic heterocycles. The summed E-state index contributed by atoms with van der Waals surface area (Å²) in [5.41, 5.74) is 1.38. The molecule has 0 spiro atoms. The van der Waals surface area contributed by atoms with Gasteiger partial charge in [0, 0.05) is 12.1 Å². The molecule has 0 saturated carbocycles. The van der Waals surface area contributed by atoms with Crippen LogP contribution in [-0.2, 0) is 11.2 Å². The van der Waals surface area contributed by atoms with E-state index in [0.29, 0.717) is 18.6 Å². The lowest BCUT2D eigenvalue weighted by atomic mass is 10.1. The number of hydrogen-bond donors (Lipinski definition) is 0. The van der Waals surface area contributed by atoms with Crippen molar-refractivity contribution in [2.75, 3.05) is 6.61 Å². The van der Waals surface area contributed by atoms with Crippen LogP contribution in [0.5, 0.6) is 5.75 Å². The minimum atomic E-state index is -0.727. The molecule has 3 aromatic rings. The first-order valence-electron chi connectivity index (χ1n) is 9.31. The Bertz CT molecular complexity index is 1030. The Hall–Kier alpha value is -4.00. The fourth-order valence-corrected chi connectivity index (χ4v) is 2.74. The van der Waals surface area contributed by atoms with Crippen molar-refractivity contribution in [2.24, 2.45) is 0 Å². The van der Waals surface area contributed by atoms with Crippen LogP contribution in [0.4, 0.5) is 5.69 Å². The normalized spacial score (nSPS) is 10.3. The van der Waals surface area contributed by atoms with Crippen LogP contribution < -0.4 is 4.74 Å². The van der Waals surface area contributed by atoms with Crippen LogP contribution in [0.15, 0.2) is 78.9 Å². The van der Waals surface area contributed by atoms with Crippen molar-refractivity contribution in [2.45, 2.75) is 12.8 Å². The van der Waals surface area contributed by atoms with E-state index in [9.17, 15) is 19.7 Å². The average molecular weight is 405 g/mol. The number of nitro groups is 1. The van der Waals surface area contributed by atoms with Crippen molar-refractivity contribution in [3.05, 3.63) is 106 Å². The summed E-state index contributed by atoms with van der Waals surface area (Å²) in [6.07, 6.45) is 1.54. The first-order valence-corrected chi connectivity index (χ1v) is 9.31. The molecule has 0 aliphatic heterocycles. The SMILES string of the molecule is O=C(OCCCc1ccccc1)c1ccc(OC(=O)c2cccc([N+](=O)[O-])c2)cc1. The lowest BCUT2D eigenvalue weighted by molar-refractivity contribution is -0.384. The molecular formula is C23H19NO6. The predicted molar refractivity (Wildman–Crippen MR) is 110 cm³/mol. The van der Waals surface area contributed by atoms with Crippen molar-refractivity contribution in [3.63, 3.8) is 0 Å². The summed E-state index contributed by atoms with van der Waals surface area (Å²) in [7, 11) is 0. The molecule has 0 radical (unpaired) electrons. The maximum Gasteiger partial charge on any atom is 0.343 e. The molecule has 0 heterocycles. The van der Waals surface area contributed by atoms with E-state index < -0.39 is 16.9 Å². The van der Waals surface area contributed by atoms with Gasteiger partial charge in [-0.25, -0.2) is 9.59 Å². The van der Waals surface area contributed by atoms with Gasteiger partial charge in [-0.05, 0) is 48.7 Å². The highest BCUT2D eigenvalue weighted by molar-refractivity contribution is 5.92. The van der Waals surface area contributed by atoms with Gasteiger partial charge in [0.2, 0.25) is 0 Å². The van der Waals surface area contributed by atoms with E-state index in [1.807, 2.05) is 30.3 Å². The molecule has 0 unspecified atom stereocenters. The van der Waals surface area contributed by atoms with Gasteiger partial charge in [-0.3, -0.25) is 10.1 Å². The van der Waals surface area contributed by atoms with Gasteiger partial charge in [-0.15, -0.1) is 0 Å². The summed E-state index contributed by atoms with van der Waals surface area (Å²) < 4.78 is 10.5. The second-order valence-corrected chi connectivity index (χ2v) is 6.45. The van der Waals surface area contributed by atoms with Crippen LogP contribution in [0.25, 0.3) is 0 Å². The molecule has 0 aliphatic rings. The Balaban J connectivity index is 1.50. The standard InChI is InChI=1S/C23H19NO6/c25-22(29-15-5-8-17-6-2-1-3-7-17)18-11-13-21(14-12-18)30-23(26)19-9-4-10-20(16-19)24(27)28/h1-4,6-7,9-14,16H,5,8,15H2. The third-order valence-electron chi connectivity index (χ3n) is 4.28. The zero-order chi connectivity index (χ0) is 21.3. The third kappa shape index (κ3) is 5.75. The number of carbonyl (C=O) groups is 2. The Morgan fingerprint density at radius 2 is 1.57 bits per heavy atom. The molecule has 0 N–H and O–H groups in total. The number of nitrogens with zero attached hydrogens (tertiary/aromatic N) is 1. The molecule has 0 fully saturated rings. The predicted octanol–water partition coefficient (Wildman–Crippen LogP) is 4.60. The lowest BCUT2D eigenvalue weighted by Gasteiger charge is -2.07. The maximum absolute atomic E-state index is 12.2. The number of carbonyl (C=O) groups excluding carboxylic acids is 2. The van der Waals surface area contributed by atoms with Gasteiger partial charge in [0.25, 0.3) is 5.69 Å². The van der Waals surface area contributed by atoms with E-state index in [-0.39, 0.29) is 17.0 Å². The quantitative estimate of drug-likeness (QED) is 0.179. The zero-order valence-electron chi connectivity index (χ0n) is 16.0. The smallest absolute Gasteiger partial charge is 0.343 e. The Labute approximate surface area is 173 Å². The molecule has 7 nitrogen and oxygen atoms in total. The zero-order valence-corrected chi connectivity index (χ0v) is 16.0. The Morgan fingerprint density at radius 3 is 2.27 bits per heavy atom. The van der Waals surface area contributed by atoms with Gasteiger partial charge >= 0.3 is 11.9 Å². The number of esters is 2. The molecule has 0 atom stereocenters. The Morgan fingerprint density at radius 1 is 0.833 bits per heavy atom. The Kier molecular flexibility index (Phi) is 6.89. The number of rotatable bonds is 8. The first-order chi connectivity index (χ1) is 14.5. The van der Waals surface area contributed by atoms with E-state index in [1.165, 1.54) is 48.0 Å². The molecule has 0 saturated heterocycles. The molecule has 3 rings (SSSR count). The minimum Gasteiger partial charge on any atom is -0.462 e. The van der Waals surface area contributed by atoms with E-state index >= 15 is 0 Å². The third-order valence-corrected chi connectivity index (χ3v) is 4.28. The van der Waals surface area contributed by atoms with Crippen LogP contribution in [0, 0.1) is 10.1 Å². The average Bonchev–Trinajstić information content (AvgIpc) is 2.78. The number of aryl methyl sites for hydroxylation is 1. The largest absolute Gasteiger partial charge is 0.462 e. The van der Waals surface area contributed by atoms with Crippen LogP contribution in [0.2, 0.25) is 0 Å². The maximum atomic E-state index is 12.2. The highest BCUT2D eigenvalue weighted by Crippen LogP contribution is 2.18. The van der Waals surface area contributed by atoms with Crippen LogP contribution in [0.3, 0.4) is 0 Å². The minimum absolute atomic E-state index is 0.0612. The number of benzene rings is 3. The number of non-ortho nitro benzene ring substituents is 1. The molecule has 0 amide bonds. The molecule has 30 heavy (non-hydrogen) atoms. The van der Waals surface area contributed by atoms with E-state index in [1.54, 1.807) is 0 Å². The van der Waals surface area contributed by atoms with Gasteiger partial charge < -0.3 is 9.47 Å². The topological polar surface area (TPSA) is 95.7 Å². The summed E-state index contributed by atoms with van der Waals surface area (Å²) in [6, 6.07) is 21.1. The van der Waals surface area contributed by atoms with Crippen molar-refractivity contribution in [1.29, 1.82) is 0 Å². The van der Waals surface area contributed by atoms with Gasteiger partial charge in [0.05, 0.1) is 22.7 Å². The number of nitro benzene ring substituents is 1. The second kappa shape index (κ2) is 9.97. The summed E-state index contributed by atoms with van der Waals surface area (Å²) >= 11 is 0. The van der Waals surface area contributed by atoms with Gasteiger partial charge in [0.15, 0.2) is 0 Å². The molecular weight excluding hydrogens is 386 g/mol. The second-order valence-electron chi connectivity index (χ2n) is 6.45. The first kappa shape index (κ1) is 20.7. The molecule has 0 aliphatic carbocycles. The molecule has 0 bridgehead atoms. The van der Waals surface area contributed by atoms with Gasteiger partial charge in [0.1, 0.15) is 5.75 Å². The van der Waals surface area contributed by atoms with Crippen LogP contribution in [-0.4, -0.2) is 23.5 Å². The highest BCUT2D eigenvalue weighted by atomic mass is 16.6. The van der Waals surface area contributed by atoms with Crippen molar-refractivity contribution < 1.29 is 24.0 Å². The number of ether oxygens (including phenoxy) is 2. The highest BCUT2D eigenvalue weighted by Gasteiger charge is 2.14. The summed E-state index contributed by atoms with van der Waals surface area (Å²) in [6.45, 7) is 0.303. The van der Waals surface area contributed by atoms with E-state index in [4.69, 9.17) is 9.47 Å². The summed E-state index contributed by atoms with van der Waals surface area (Å²) in [5, 5.41) is 10.8. The lowest BCUT2D eigenvalue weighted by Crippen LogP contribution is -2.10. The van der Waals surface area contributed by atoms with E-state index in [2.05, 4.69) is 0 Å². The van der Waals surface area contributed by atoms with Crippen LogP contribution in [0.1, 0.15) is 32.7 Å². The molecule has 3 aromatic carbocycles. The van der Waals surface area contributed by atoms with Gasteiger partial charge in [-0.1, -0.05) is 36.4 Å². The van der Waals surface area contributed by atoms with Crippen LogP contribution >= 0.6 is 0 Å². The summed E-state index contributed by atoms with van der Waals surface area (Å²) in [4.78, 5) is 34.5. The van der Waals surface area contributed by atoms with E-state index in [0.717, 1.165) is 12.5 Å². The molecule has 7 heteroatoms. The van der Waals surface area contributed by atoms with Crippen molar-refractivity contribution in [3.8, 4) is 5.75 Å².